The van der Waals surface area contributed by atoms with E-state index in [9.17, 15) is 9.59 Å². The minimum absolute atomic E-state index is 0.282. The SMILES string of the molecule is O=C(O)C1CCCN1C(=O)c1cnns1. The van der Waals surface area contributed by atoms with Gasteiger partial charge in [0.15, 0.2) is 0 Å². The molecule has 0 spiro atoms. The Hall–Kier alpha value is -1.50. The number of hydrogen-bond donors (Lipinski definition) is 1. The highest BCUT2D eigenvalue weighted by atomic mass is 32.1. The first-order valence-corrected chi connectivity index (χ1v) is 5.28. The molecule has 0 saturated carbocycles. The summed E-state index contributed by atoms with van der Waals surface area (Å²) in [6.07, 6.45) is 2.62. The summed E-state index contributed by atoms with van der Waals surface area (Å²) >= 11 is 0.986. The van der Waals surface area contributed by atoms with Gasteiger partial charge in [-0.15, -0.1) is 5.10 Å². The Labute approximate surface area is 89.7 Å². The van der Waals surface area contributed by atoms with E-state index in [-0.39, 0.29) is 5.91 Å². The highest BCUT2D eigenvalue weighted by molar-refractivity contribution is 7.07. The van der Waals surface area contributed by atoms with E-state index >= 15 is 0 Å². The second-order valence-electron chi connectivity index (χ2n) is 3.28. The topological polar surface area (TPSA) is 83.4 Å². The zero-order chi connectivity index (χ0) is 10.8. The molecule has 1 unspecified atom stereocenters. The van der Waals surface area contributed by atoms with Crippen LogP contribution in [0.3, 0.4) is 0 Å². The van der Waals surface area contributed by atoms with Crippen LogP contribution in [0.25, 0.3) is 0 Å². The summed E-state index contributed by atoms with van der Waals surface area (Å²) < 4.78 is 3.58. The first-order chi connectivity index (χ1) is 7.20. The summed E-state index contributed by atoms with van der Waals surface area (Å²) in [6.45, 7) is 0.494. The normalized spacial score (nSPS) is 20.5. The number of carboxylic acid groups (broad SMARTS) is 1. The quantitative estimate of drug-likeness (QED) is 0.781. The number of carboxylic acids is 1. The van der Waals surface area contributed by atoms with Crippen LogP contribution in [-0.4, -0.2) is 44.1 Å². The van der Waals surface area contributed by atoms with E-state index in [2.05, 4.69) is 9.59 Å². The number of carbonyl (C=O) groups is 2. The van der Waals surface area contributed by atoms with Crippen molar-refractivity contribution in [2.24, 2.45) is 0 Å². The molecular weight excluding hydrogens is 218 g/mol. The molecule has 1 fully saturated rings. The van der Waals surface area contributed by atoms with Gasteiger partial charge in [-0.25, -0.2) is 4.79 Å². The molecule has 1 aromatic heterocycles. The molecular formula is C8H9N3O3S. The van der Waals surface area contributed by atoms with Gasteiger partial charge in [0.05, 0.1) is 6.20 Å². The van der Waals surface area contributed by atoms with Crippen molar-refractivity contribution in [2.75, 3.05) is 6.54 Å². The van der Waals surface area contributed by atoms with Gasteiger partial charge in [0.1, 0.15) is 10.9 Å². The first kappa shape index (κ1) is 10.0. The molecule has 1 aliphatic heterocycles. The monoisotopic (exact) mass is 227 g/mol. The van der Waals surface area contributed by atoms with Gasteiger partial charge in [-0.2, -0.15) is 0 Å². The molecule has 1 amide bonds. The van der Waals surface area contributed by atoms with Gasteiger partial charge in [0, 0.05) is 6.54 Å². The lowest BCUT2D eigenvalue weighted by Crippen LogP contribution is -2.40. The molecule has 0 aliphatic carbocycles. The maximum absolute atomic E-state index is 11.8. The van der Waals surface area contributed by atoms with E-state index in [0.717, 1.165) is 18.0 Å². The number of aliphatic carboxylic acids is 1. The third-order valence-electron chi connectivity index (χ3n) is 2.37. The summed E-state index contributed by atoms with van der Waals surface area (Å²) in [7, 11) is 0. The van der Waals surface area contributed by atoms with Crippen LogP contribution in [-0.2, 0) is 4.79 Å². The van der Waals surface area contributed by atoms with Crippen molar-refractivity contribution >= 4 is 23.4 Å². The second kappa shape index (κ2) is 3.93. The highest BCUT2D eigenvalue weighted by Gasteiger charge is 2.34. The van der Waals surface area contributed by atoms with Crippen molar-refractivity contribution in [2.45, 2.75) is 18.9 Å². The zero-order valence-corrected chi connectivity index (χ0v) is 8.61. The molecule has 0 bridgehead atoms. The fourth-order valence-electron chi connectivity index (χ4n) is 1.67. The van der Waals surface area contributed by atoms with Gasteiger partial charge in [-0.05, 0) is 24.4 Å². The lowest BCUT2D eigenvalue weighted by Gasteiger charge is -2.19. The Morgan fingerprint density at radius 3 is 3.00 bits per heavy atom. The molecule has 80 valence electrons. The molecule has 15 heavy (non-hydrogen) atoms. The first-order valence-electron chi connectivity index (χ1n) is 4.51. The molecule has 7 heteroatoms. The van der Waals surface area contributed by atoms with Crippen molar-refractivity contribution in [3.63, 3.8) is 0 Å². The molecule has 0 aromatic carbocycles. The van der Waals surface area contributed by atoms with E-state index < -0.39 is 12.0 Å². The van der Waals surface area contributed by atoms with Crippen molar-refractivity contribution in [3.8, 4) is 0 Å². The molecule has 1 N–H and O–H groups in total. The van der Waals surface area contributed by atoms with Crippen LogP contribution < -0.4 is 0 Å². The Bertz CT molecular complexity index is 378. The molecule has 2 heterocycles. The third kappa shape index (κ3) is 1.82. The van der Waals surface area contributed by atoms with Gasteiger partial charge in [-0.3, -0.25) is 4.79 Å². The van der Waals surface area contributed by atoms with Crippen molar-refractivity contribution < 1.29 is 14.7 Å². The van der Waals surface area contributed by atoms with E-state index in [1.165, 1.54) is 11.1 Å². The minimum atomic E-state index is -0.946. The molecule has 1 aromatic rings. The van der Waals surface area contributed by atoms with Crippen molar-refractivity contribution in [1.29, 1.82) is 0 Å². The van der Waals surface area contributed by atoms with Crippen LogP contribution in [0.1, 0.15) is 22.5 Å². The van der Waals surface area contributed by atoms with Crippen LogP contribution in [0.2, 0.25) is 0 Å². The Balaban J connectivity index is 2.17. The van der Waals surface area contributed by atoms with Crippen molar-refractivity contribution in [3.05, 3.63) is 11.1 Å². The Kier molecular flexibility index (Phi) is 2.63. The van der Waals surface area contributed by atoms with E-state index in [1.54, 1.807) is 0 Å². The molecule has 1 atom stereocenters. The number of carbonyl (C=O) groups excluding carboxylic acids is 1. The van der Waals surface area contributed by atoms with Crippen LogP contribution >= 0.6 is 11.5 Å². The fraction of sp³-hybridized carbons (Fsp3) is 0.500. The zero-order valence-electron chi connectivity index (χ0n) is 7.79. The molecule has 1 aliphatic rings. The number of rotatable bonds is 2. The summed E-state index contributed by atoms with van der Waals surface area (Å²) in [5.74, 6) is -1.23. The van der Waals surface area contributed by atoms with Crippen LogP contribution in [0, 0.1) is 0 Å². The Morgan fingerprint density at radius 2 is 2.40 bits per heavy atom. The predicted octanol–water partition coefficient (Wildman–Crippen LogP) is 0.227. The lowest BCUT2D eigenvalue weighted by molar-refractivity contribution is -0.141. The summed E-state index contributed by atoms with van der Waals surface area (Å²) in [5.41, 5.74) is 0. The lowest BCUT2D eigenvalue weighted by atomic mass is 10.2. The molecule has 0 radical (unpaired) electrons. The number of nitrogens with zero attached hydrogens (tertiary/aromatic N) is 3. The summed E-state index contributed by atoms with van der Waals surface area (Å²) in [4.78, 5) is 24.4. The van der Waals surface area contributed by atoms with E-state index in [1.807, 2.05) is 0 Å². The summed E-state index contributed by atoms with van der Waals surface area (Å²) in [6, 6.07) is -0.695. The molecule has 1 saturated heterocycles. The van der Waals surface area contributed by atoms with E-state index in [4.69, 9.17) is 5.11 Å². The average molecular weight is 227 g/mol. The van der Waals surface area contributed by atoms with Gasteiger partial charge in [-0.1, -0.05) is 4.49 Å². The molecule has 6 nitrogen and oxygen atoms in total. The minimum Gasteiger partial charge on any atom is -0.480 e. The van der Waals surface area contributed by atoms with Crippen LogP contribution in [0.4, 0.5) is 0 Å². The highest BCUT2D eigenvalue weighted by Crippen LogP contribution is 2.20. The van der Waals surface area contributed by atoms with Gasteiger partial charge < -0.3 is 10.0 Å². The predicted molar refractivity (Wildman–Crippen MR) is 51.6 cm³/mol. The van der Waals surface area contributed by atoms with Crippen LogP contribution in [0.15, 0.2) is 6.20 Å². The van der Waals surface area contributed by atoms with Gasteiger partial charge in [0.25, 0.3) is 5.91 Å². The maximum atomic E-state index is 11.8. The number of amides is 1. The van der Waals surface area contributed by atoms with Gasteiger partial charge in [0.2, 0.25) is 0 Å². The number of aromatic nitrogens is 2. The van der Waals surface area contributed by atoms with E-state index in [0.29, 0.717) is 17.8 Å². The average Bonchev–Trinajstić information content (AvgIpc) is 2.88. The second-order valence-corrected chi connectivity index (χ2v) is 4.06. The number of likely N-dealkylation sites (tertiary alicyclic amines) is 1. The Morgan fingerprint density at radius 1 is 1.60 bits per heavy atom. The standard InChI is InChI=1S/C8H9N3O3S/c12-7(6-4-9-10-15-6)11-3-1-2-5(11)8(13)14/h4-5H,1-3H2,(H,13,14). The van der Waals surface area contributed by atoms with Crippen LogP contribution in [0.5, 0.6) is 0 Å². The number of hydrogen-bond acceptors (Lipinski definition) is 5. The van der Waals surface area contributed by atoms with Gasteiger partial charge >= 0.3 is 5.97 Å². The smallest absolute Gasteiger partial charge is 0.326 e. The summed E-state index contributed by atoms with van der Waals surface area (Å²) in [5, 5.41) is 12.5. The fourth-order valence-corrected chi connectivity index (χ4v) is 2.14. The largest absolute Gasteiger partial charge is 0.480 e. The maximum Gasteiger partial charge on any atom is 0.326 e. The van der Waals surface area contributed by atoms with Crippen molar-refractivity contribution in [1.82, 2.24) is 14.5 Å². The molecule has 2 rings (SSSR count). The third-order valence-corrected chi connectivity index (χ3v) is 3.02.